The van der Waals surface area contributed by atoms with Crippen molar-refractivity contribution in [3.05, 3.63) is 53.8 Å². The third kappa shape index (κ3) is 2.17. The second-order valence-corrected chi connectivity index (χ2v) is 5.63. The fraction of sp³-hybridized carbons (Fsp3) is 0. The SMILES string of the molecule is O=C(NNc1nccc2sccc12)c1ccc2cc[nH]c2n1. The lowest BCUT2D eigenvalue weighted by Gasteiger charge is -2.08. The molecule has 0 radical (unpaired) electrons. The summed E-state index contributed by atoms with van der Waals surface area (Å²) in [6, 6.07) is 9.35. The minimum Gasteiger partial charge on any atom is -0.346 e. The minimum atomic E-state index is -0.314. The monoisotopic (exact) mass is 309 g/mol. The Morgan fingerprint density at radius 1 is 1.18 bits per heavy atom. The van der Waals surface area contributed by atoms with Gasteiger partial charge >= 0.3 is 0 Å². The molecular weight excluding hydrogens is 298 g/mol. The molecule has 108 valence electrons. The Kier molecular flexibility index (Phi) is 2.97. The van der Waals surface area contributed by atoms with Gasteiger partial charge in [0.15, 0.2) is 5.82 Å². The fourth-order valence-electron chi connectivity index (χ4n) is 2.23. The summed E-state index contributed by atoms with van der Waals surface area (Å²) in [5, 5.41) is 3.93. The number of fused-ring (bicyclic) bond motifs is 2. The van der Waals surface area contributed by atoms with E-state index in [0.717, 1.165) is 15.5 Å². The van der Waals surface area contributed by atoms with Gasteiger partial charge < -0.3 is 4.98 Å². The van der Waals surface area contributed by atoms with Crippen molar-refractivity contribution >= 4 is 44.2 Å². The molecule has 4 aromatic rings. The minimum absolute atomic E-state index is 0.314. The third-order valence-electron chi connectivity index (χ3n) is 3.32. The molecule has 7 heteroatoms. The molecule has 0 fully saturated rings. The maximum absolute atomic E-state index is 12.2. The topological polar surface area (TPSA) is 82.7 Å². The third-order valence-corrected chi connectivity index (χ3v) is 4.20. The number of aromatic nitrogens is 3. The number of carbonyl (C=O) groups excluding carboxylic acids is 1. The number of nitrogens with zero attached hydrogens (tertiary/aromatic N) is 2. The van der Waals surface area contributed by atoms with Crippen LogP contribution in [0.5, 0.6) is 0 Å². The Morgan fingerprint density at radius 2 is 2.14 bits per heavy atom. The van der Waals surface area contributed by atoms with Gasteiger partial charge in [-0.3, -0.25) is 15.6 Å². The lowest BCUT2D eigenvalue weighted by atomic mass is 10.3. The maximum Gasteiger partial charge on any atom is 0.288 e. The van der Waals surface area contributed by atoms with E-state index in [1.807, 2.05) is 29.6 Å². The van der Waals surface area contributed by atoms with Crippen molar-refractivity contribution in [3.63, 3.8) is 0 Å². The molecule has 0 aromatic carbocycles. The summed E-state index contributed by atoms with van der Waals surface area (Å²) in [5.74, 6) is 0.304. The first-order valence-electron chi connectivity index (χ1n) is 6.64. The zero-order valence-corrected chi connectivity index (χ0v) is 12.1. The zero-order chi connectivity index (χ0) is 14.9. The van der Waals surface area contributed by atoms with E-state index < -0.39 is 0 Å². The van der Waals surface area contributed by atoms with Gasteiger partial charge in [0.1, 0.15) is 11.3 Å². The second-order valence-electron chi connectivity index (χ2n) is 4.68. The zero-order valence-electron chi connectivity index (χ0n) is 11.3. The Morgan fingerprint density at radius 3 is 3.09 bits per heavy atom. The molecule has 6 nitrogen and oxygen atoms in total. The largest absolute Gasteiger partial charge is 0.346 e. The highest BCUT2D eigenvalue weighted by Crippen LogP contribution is 2.25. The molecule has 0 atom stereocenters. The molecular formula is C15H11N5OS. The molecule has 4 rings (SSSR count). The lowest BCUT2D eigenvalue weighted by Crippen LogP contribution is -2.30. The molecule has 0 aliphatic carbocycles. The molecule has 0 saturated carbocycles. The van der Waals surface area contributed by atoms with Crippen LogP contribution in [0.3, 0.4) is 0 Å². The summed E-state index contributed by atoms with van der Waals surface area (Å²) in [6.45, 7) is 0. The van der Waals surface area contributed by atoms with Crippen molar-refractivity contribution in [3.8, 4) is 0 Å². The van der Waals surface area contributed by atoms with Crippen LogP contribution in [-0.2, 0) is 0 Å². The highest BCUT2D eigenvalue weighted by atomic mass is 32.1. The molecule has 0 unspecified atom stereocenters. The van der Waals surface area contributed by atoms with Gasteiger partial charge in [-0.05, 0) is 35.7 Å². The maximum atomic E-state index is 12.2. The summed E-state index contributed by atoms with van der Waals surface area (Å²) in [4.78, 5) is 23.7. The van der Waals surface area contributed by atoms with E-state index in [9.17, 15) is 4.79 Å². The van der Waals surface area contributed by atoms with Gasteiger partial charge in [0.25, 0.3) is 5.91 Å². The van der Waals surface area contributed by atoms with Gasteiger partial charge in [0, 0.05) is 27.9 Å². The molecule has 0 spiro atoms. The van der Waals surface area contributed by atoms with Crippen LogP contribution < -0.4 is 10.9 Å². The van der Waals surface area contributed by atoms with E-state index in [4.69, 9.17) is 0 Å². The van der Waals surface area contributed by atoms with Crippen LogP contribution >= 0.6 is 11.3 Å². The van der Waals surface area contributed by atoms with Gasteiger partial charge in [-0.2, -0.15) is 0 Å². The number of rotatable bonds is 3. The highest BCUT2D eigenvalue weighted by Gasteiger charge is 2.09. The van der Waals surface area contributed by atoms with E-state index in [1.54, 1.807) is 29.8 Å². The van der Waals surface area contributed by atoms with Crippen LogP contribution in [0.15, 0.2) is 48.1 Å². The van der Waals surface area contributed by atoms with Crippen LogP contribution in [0.1, 0.15) is 10.5 Å². The van der Waals surface area contributed by atoms with Crippen molar-refractivity contribution in [1.82, 2.24) is 20.4 Å². The van der Waals surface area contributed by atoms with Gasteiger partial charge in [-0.15, -0.1) is 11.3 Å². The highest BCUT2D eigenvalue weighted by molar-refractivity contribution is 7.17. The summed E-state index contributed by atoms with van der Waals surface area (Å²) >= 11 is 1.63. The molecule has 0 aliphatic rings. The number of nitrogens with one attached hydrogen (secondary N) is 3. The molecule has 0 bridgehead atoms. The lowest BCUT2D eigenvalue weighted by molar-refractivity contribution is 0.0958. The second kappa shape index (κ2) is 5.12. The van der Waals surface area contributed by atoms with Gasteiger partial charge in [0.05, 0.1) is 0 Å². The first kappa shape index (κ1) is 12.8. The molecule has 22 heavy (non-hydrogen) atoms. The van der Waals surface area contributed by atoms with E-state index in [2.05, 4.69) is 25.8 Å². The van der Waals surface area contributed by atoms with E-state index in [-0.39, 0.29) is 5.91 Å². The first-order chi connectivity index (χ1) is 10.8. The van der Waals surface area contributed by atoms with E-state index in [0.29, 0.717) is 17.2 Å². The van der Waals surface area contributed by atoms with Crippen molar-refractivity contribution < 1.29 is 4.79 Å². The van der Waals surface area contributed by atoms with Crippen LogP contribution in [-0.4, -0.2) is 20.9 Å². The Hall–Kier alpha value is -2.93. The predicted octanol–water partition coefficient (Wildman–Crippen LogP) is 2.93. The van der Waals surface area contributed by atoms with Crippen LogP contribution in [0.4, 0.5) is 5.82 Å². The van der Waals surface area contributed by atoms with Crippen molar-refractivity contribution in [2.45, 2.75) is 0 Å². The molecule has 4 aromatic heterocycles. The average Bonchev–Trinajstić information content (AvgIpc) is 3.20. The number of amides is 1. The standard InChI is InChI=1S/C15H11N5OS/c21-15(11-2-1-9-3-6-16-13(9)18-11)20-19-14-10-5-8-22-12(10)4-7-17-14/h1-8H,(H,16,18)(H,17,19)(H,20,21). The van der Waals surface area contributed by atoms with Gasteiger partial charge in [-0.25, -0.2) is 9.97 Å². The number of H-pyrrole nitrogens is 1. The quantitative estimate of drug-likeness (QED) is 0.508. The number of aromatic amines is 1. The van der Waals surface area contributed by atoms with Crippen LogP contribution in [0.25, 0.3) is 21.1 Å². The number of thiophene rings is 1. The Bertz CT molecular complexity index is 974. The number of pyridine rings is 2. The van der Waals surface area contributed by atoms with Gasteiger partial charge in [0.2, 0.25) is 0 Å². The summed E-state index contributed by atoms with van der Waals surface area (Å²) in [6.07, 6.45) is 3.50. The molecule has 1 amide bonds. The normalized spacial score (nSPS) is 10.9. The summed E-state index contributed by atoms with van der Waals surface area (Å²) in [5.41, 5.74) is 6.51. The Balaban J connectivity index is 1.55. The number of hydrogen-bond acceptors (Lipinski definition) is 5. The average molecular weight is 309 g/mol. The molecule has 4 heterocycles. The summed E-state index contributed by atoms with van der Waals surface area (Å²) in [7, 11) is 0. The van der Waals surface area contributed by atoms with Crippen LogP contribution in [0.2, 0.25) is 0 Å². The molecule has 0 aliphatic heterocycles. The number of hydrazine groups is 1. The number of anilines is 1. The van der Waals surface area contributed by atoms with E-state index in [1.165, 1.54) is 0 Å². The number of carbonyl (C=O) groups is 1. The molecule has 0 saturated heterocycles. The molecule has 3 N–H and O–H groups in total. The smallest absolute Gasteiger partial charge is 0.288 e. The van der Waals surface area contributed by atoms with Crippen molar-refractivity contribution in [1.29, 1.82) is 0 Å². The fourth-order valence-corrected chi connectivity index (χ4v) is 3.01. The summed E-state index contributed by atoms with van der Waals surface area (Å²) < 4.78 is 1.11. The van der Waals surface area contributed by atoms with E-state index >= 15 is 0 Å². The number of hydrogen-bond donors (Lipinski definition) is 3. The predicted molar refractivity (Wildman–Crippen MR) is 86.8 cm³/mol. The first-order valence-corrected chi connectivity index (χ1v) is 7.52. The van der Waals surface area contributed by atoms with Crippen molar-refractivity contribution in [2.24, 2.45) is 0 Å². The van der Waals surface area contributed by atoms with Crippen molar-refractivity contribution in [2.75, 3.05) is 5.43 Å². The Labute approximate surface area is 129 Å². The van der Waals surface area contributed by atoms with Crippen LogP contribution in [0, 0.1) is 0 Å². The van der Waals surface area contributed by atoms with Gasteiger partial charge in [-0.1, -0.05) is 0 Å².